The van der Waals surface area contributed by atoms with Gasteiger partial charge in [0.05, 0.1) is 5.56 Å². The Bertz CT molecular complexity index is 522. The van der Waals surface area contributed by atoms with Crippen molar-refractivity contribution in [3.8, 4) is 0 Å². The summed E-state index contributed by atoms with van der Waals surface area (Å²) in [5.74, 6) is -3.30. The standard InChI is InChI=1S/C12H13F2N3O2/c1-7(18)16-8-3-5-17(6-8)12(19)9-2-4-15-11(14)10(9)13/h2,4,8H,3,5-6H2,1H3,(H,16,18). The first-order chi connectivity index (χ1) is 8.99. The molecule has 1 aliphatic heterocycles. The maximum Gasteiger partial charge on any atom is 0.257 e. The zero-order valence-electron chi connectivity index (χ0n) is 10.3. The van der Waals surface area contributed by atoms with E-state index in [1.54, 1.807) is 0 Å². The molecule has 0 spiro atoms. The van der Waals surface area contributed by atoms with E-state index in [1.807, 2.05) is 0 Å². The SMILES string of the molecule is CC(=O)NC1CCN(C(=O)c2ccnc(F)c2F)C1. The third-order valence-electron chi connectivity index (χ3n) is 2.96. The number of halogens is 2. The number of nitrogens with zero attached hydrogens (tertiary/aromatic N) is 2. The molecule has 7 heteroatoms. The maximum absolute atomic E-state index is 13.5. The highest BCUT2D eigenvalue weighted by atomic mass is 19.2. The second kappa shape index (κ2) is 5.29. The van der Waals surface area contributed by atoms with Crippen molar-refractivity contribution >= 4 is 11.8 Å². The van der Waals surface area contributed by atoms with Crippen LogP contribution < -0.4 is 5.32 Å². The topological polar surface area (TPSA) is 62.3 Å². The zero-order valence-corrected chi connectivity index (χ0v) is 10.3. The van der Waals surface area contributed by atoms with Gasteiger partial charge in [0.2, 0.25) is 11.9 Å². The summed E-state index contributed by atoms with van der Waals surface area (Å²) in [4.78, 5) is 27.5. The number of aromatic nitrogens is 1. The van der Waals surface area contributed by atoms with Gasteiger partial charge in [-0.15, -0.1) is 0 Å². The molecule has 1 atom stereocenters. The lowest BCUT2D eigenvalue weighted by atomic mass is 10.2. The highest BCUT2D eigenvalue weighted by Crippen LogP contribution is 2.16. The number of rotatable bonds is 2. The van der Waals surface area contributed by atoms with Crippen LogP contribution in [0.4, 0.5) is 8.78 Å². The summed E-state index contributed by atoms with van der Waals surface area (Å²) in [6.07, 6.45) is 1.65. The number of pyridine rings is 1. The summed E-state index contributed by atoms with van der Waals surface area (Å²) in [5, 5.41) is 2.69. The van der Waals surface area contributed by atoms with E-state index >= 15 is 0 Å². The molecule has 2 rings (SSSR count). The van der Waals surface area contributed by atoms with Crippen LogP contribution in [0.5, 0.6) is 0 Å². The van der Waals surface area contributed by atoms with E-state index in [4.69, 9.17) is 0 Å². The average Bonchev–Trinajstić information content (AvgIpc) is 2.79. The quantitative estimate of drug-likeness (QED) is 0.804. The van der Waals surface area contributed by atoms with E-state index < -0.39 is 17.7 Å². The minimum atomic E-state index is -1.29. The van der Waals surface area contributed by atoms with Crippen LogP contribution in [0.1, 0.15) is 23.7 Å². The van der Waals surface area contributed by atoms with Crippen molar-refractivity contribution in [3.63, 3.8) is 0 Å². The molecule has 1 N–H and O–H groups in total. The molecule has 1 aromatic rings. The highest BCUT2D eigenvalue weighted by Gasteiger charge is 2.29. The monoisotopic (exact) mass is 269 g/mol. The number of amides is 2. The van der Waals surface area contributed by atoms with Crippen LogP contribution in [0, 0.1) is 11.8 Å². The Hall–Kier alpha value is -2.05. The van der Waals surface area contributed by atoms with Gasteiger partial charge in [-0.25, -0.2) is 9.37 Å². The summed E-state index contributed by atoms with van der Waals surface area (Å²) >= 11 is 0. The molecule has 0 saturated carbocycles. The molecule has 2 amide bonds. The predicted octanol–water partition coefficient (Wildman–Crippen LogP) is 0.710. The molecule has 1 saturated heterocycles. The average molecular weight is 269 g/mol. The lowest BCUT2D eigenvalue weighted by molar-refractivity contribution is -0.119. The smallest absolute Gasteiger partial charge is 0.257 e. The fourth-order valence-electron chi connectivity index (χ4n) is 2.10. The normalized spacial score (nSPS) is 18.5. The number of carbonyl (C=O) groups excluding carboxylic acids is 2. The molecule has 102 valence electrons. The summed E-state index contributed by atoms with van der Waals surface area (Å²) in [6.45, 7) is 2.08. The molecule has 1 aliphatic rings. The Kier molecular flexibility index (Phi) is 3.73. The van der Waals surface area contributed by atoms with Gasteiger partial charge in [-0.1, -0.05) is 0 Å². The van der Waals surface area contributed by atoms with Crippen LogP contribution in [-0.2, 0) is 4.79 Å². The van der Waals surface area contributed by atoms with E-state index in [2.05, 4.69) is 10.3 Å². The van der Waals surface area contributed by atoms with Gasteiger partial charge in [-0.3, -0.25) is 9.59 Å². The zero-order chi connectivity index (χ0) is 14.0. The van der Waals surface area contributed by atoms with Crippen LogP contribution in [-0.4, -0.2) is 40.8 Å². The Morgan fingerprint density at radius 3 is 2.89 bits per heavy atom. The predicted molar refractivity (Wildman–Crippen MR) is 62.3 cm³/mol. The van der Waals surface area contributed by atoms with Gasteiger partial charge in [0.25, 0.3) is 5.91 Å². The first-order valence-corrected chi connectivity index (χ1v) is 5.85. The number of carbonyl (C=O) groups is 2. The maximum atomic E-state index is 13.5. The van der Waals surface area contributed by atoms with Crippen LogP contribution in [0.2, 0.25) is 0 Å². The second-order valence-electron chi connectivity index (χ2n) is 4.40. The van der Waals surface area contributed by atoms with Crippen molar-refractivity contribution in [1.82, 2.24) is 15.2 Å². The molecule has 0 aromatic carbocycles. The molecule has 0 aliphatic carbocycles. The molecular formula is C12H13F2N3O2. The molecule has 19 heavy (non-hydrogen) atoms. The van der Waals surface area contributed by atoms with Crippen molar-refractivity contribution in [2.24, 2.45) is 0 Å². The third-order valence-corrected chi connectivity index (χ3v) is 2.96. The van der Waals surface area contributed by atoms with Gasteiger partial charge < -0.3 is 10.2 Å². The van der Waals surface area contributed by atoms with E-state index in [0.717, 1.165) is 12.3 Å². The number of hydrogen-bond acceptors (Lipinski definition) is 3. The molecule has 1 fully saturated rings. The molecule has 1 unspecified atom stereocenters. The van der Waals surface area contributed by atoms with Crippen molar-refractivity contribution in [3.05, 3.63) is 29.6 Å². The van der Waals surface area contributed by atoms with Crippen LogP contribution >= 0.6 is 0 Å². The first kappa shape index (κ1) is 13.4. The molecule has 2 heterocycles. The van der Waals surface area contributed by atoms with E-state index in [-0.39, 0.29) is 17.5 Å². The molecule has 1 aromatic heterocycles. The summed E-state index contributed by atoms with van der Waals surface area (Å²) in [6, 6.07) is 1.00. The van der Waals surface area contributed by atoms with Crippen LogP contribution in [0.15, 0.2) is 12.3 Å². The van der Waals surface area contributed by atoms with Gasteiger partial charge in [0.1, 0.15) is 0 Å². The molecular weight excluding hydrogens is 256 g/mol. The van der Waals surface area contributed by atoms with Gasteiger partial charge in [0, 0.05) is 32.3 Å². The minimum Gasteiger partial charge on any atom is -0.352 e. The summed E-state index contributed by atoms with van der Waals surface area (Å²) in [5.41, 5.74) is -0.337. The Morgan fingerprint density at radius 2 is 2.21 bits per heavy atom. The second-order valence-corrected chi connectivity index (χ2v) is 4.40. The van der Waals surface area contributed by atoms with E-state index in [9.17, 15) is 18.4 Å². The minimum absolute atomic E-state index is 0.142. The van der Waals surface area contributed by atoms with Gasteiger partial charge in [0.15, 0.2) is 5.82 Å². The highest BCUT2D eigenvalue weighted by molar-refractivity contribution is 5.94. The third kappa shape index (κ3) is 2.86. The first-order valence-electron chi connectivity index (χ1n) is 5.85. The molecule has 5 nitrogen and oxygen atoms in total. The summed E-state index contributed by atoms with van der Waals surface area (Å²) < 4.78 is 26.4. The fourth-order valence-corrected chi connectivity index (χ4v) is 2.10. The molecule has 0 bridgehead atoms. The lowest BCUT2D eigenvalue weighted by Gasteiger charge is -2.17. The van der Waals surface area contributed by atoms with Gasteiger partial charge in [-0.05, 0) is 12.5 Å². The Morgan fingerprint density at radius 1 is 1.47 bits per heavy atom. The Balaban J connectivity index is 2.09. The van der Waals surface area contributed by atoms with E-state index in [1.165, 1.54) is 11.8 Å². The van der Waals surface area contributed by atoms with Crippen LogP contribution in [0.3, 0.4) is 0 Å². The van der Waals surface area contributed by atoms with Crippen molar-refractivity contribution in [2.45, 2.75) is 19.4 Å². The van der Waals surface area contributed by atoms with E-state index in [0.29, 0.717) is 19.5 Å². The van der Waals surface area contributed by atoms with Gasteiger partial charge >= 0.3 is 0 Å². The van der Waals surface area contributed by atoms with Crippen LogP contribution in [0.25, 0.3) is 0 Å². The molecule has 0 radical (unpaired) electrons. The number of hydrogen-bond donors (Lipinski definition) is 1. The summed E-state index contributed by atoms with van der Waals surface area (Å²) in [7, 11) is 0. The number of likely N-dealkylation sites (tertiary alicyclic amines) is 1. The van der Waals surface area contributed by atoms with Crippen molar-refractivity contribution in [1.29, 1.82) is 0 Å². The number of nitrogens with one attached hydrogen (secondary N) is 1. The van der Waals surface area contributed by atoms with Gasteiger partial charge in [-0.2, -0.15) is 4.39 Å². The lowest BCUT2D eigenvalue weighted by Crippen LogP contribution is -2.37. The van der Waals surface area contributed by atoms with Crippen molar-refractivity contribution in [2.75, 3.05) is 13.1 Å². The largest absolute Gasteiger partial charge is 0.352 e. The fraction of sp³-hybridized carbons (Fsp3) is 0.417. The van der Waals surface area contributed by atoms with Crippen molar-refractivity contribution < 1.29 is 18.4 Å². The Labute approximate surface area is 108 Å².